The summed E-state index contributed by atoms with van der Waals surface area (Å²) in [4.78, 5) is 43.3. The van der Waals surface area contributed by atoms with Crippen LogP contribution in [0.2, 0.25) is 0 Å². The fourth-order valence-electron chi connectivity index (χ4n) is 1.70. The molecule has 0 fully saturated rings. The van der Waals surface area contributed by atoms with E-state index in [1.54, 1.807) is 12.1 Å². The summed E-state index contributed by atoms with van der Waals surface area (Å²) in [6.45, 7) is -0.364. The van der Waals surface area contributed by atoms with E-state index in [-0.39, 0.29) is 12.5 Å². The lowest BCUT2D eigenvalue weighted by atomic mass is 10.2. The van der Waals surface area contributed by atoms with Crippen LogP contribution in [0.25, 0.3) is 6.08 Å². The predicted molar refractivity (Wildman–Crippen MR) is 84.3 cm³/mol. The van der Waals surface area contributed by atoms with Crippen molar-refractivity contribution in [3.05, 3.63) is 60.4 Å². The molecular weight excluding hydrogens is 296 g/mol. The molecule has 0 bridgehead atoms. The molecule has 0 aliphatic heterocycles. The smallest absolute Gasteiger partial charge is 0.301 e. The van der Waals surface area contributed by atoms with Gasteiger partial charge in [0.2, 0.25) is 5.95 Å². The number of benzene rings is 1. The third kappa shape index (κ3) is 4.85. The quantitative estimate of drug-likeness (QED) is 0.671. The first-order chi connectivity index (χ1) is 11.2. The lowest BCUT2D eigenvalue weighted by molar-refractivity contribution is -0.125. The maximum absolute atomic E-state index is 12.1. The Bertz CT molecular complexity index is 702. The van der Waals surface area contributed by atoms with Gasteiger partial charge in [-0.25, -0.2) is 14.8 Å². The number of hydrogen-bond donors (Lipinski definition) is 1. The van der Waals surface area contributed by atoms with E-state index in [4.69, 9.17) is 0 Å². The van der Waals surface area contributed by atoms with Crippen molar-refractivity contribution in [1.29, 1.82) is 0 Å². The van der Waals surface area contributed by atoms with Gasteiger partial charge in [0.25, 0.3) is 5.91 Å². The number of nitrogens with zero attached hydrogens (tertiary/aromatic N) is 3. The molecule has 1 heterocycles. The van der Waals surface area contributed by atoms with E-state index >= 15 is 0 Å². The van der Waals surface area contributed by atoms with Crippen molar-refractivity contribution in [3.8, 4) is 0 Å². The van der Waals surface area contributed by atoms with Crippen molar-refractivity contribution < 1.29 is 14.4 Å². The molecule has 3 amide bonds. The third-order valence-electron chi connectivity index (χ3n) is 2.77. The zero-order chi connectivity index (χ0) is 16.5. The number of hydrogen-bond acceptors (Lipinski definition) is 5. The van der Waals surface area contributed by atoms with Crippen LogP contribution < -0.4 is 5.32 Å². The Hall–Kier alpha value is -3.35. The van der Waals surface area contributed by atoms with Gasteiger partial charge < -0.3 is 4.79 Å². The van der Waals surface area contributed by atoms with Crippen LogP contribution in [0.15, 0.2) is 54.9 Å². The van der Waals surface area contributed by atoms with Gasteiger partial charge in [0.05, 0.1) is 6.54 Å². The van der Waals surface area contributed by atoms with Crippen LogP contribution in [0.1, 0.15) is 5.56 Å². The Morgan fingerprint density at radius 2 is 1.78 bits per heavy atom. The van der Waals surface area contributed by atoms with Gasteiger partial charge >= 0.3 is 6.03 Å². The Labute approximate surface area is 132 Å². The number of amides is 3. The second-order valence-electron chi connectivity index (χ2n) is 4.36. The fourth-order valence-corrected chi connectivity index (χ4v) is 1.70. The van der Waals surface area contributed by atoms with Crippen molar-refractivity contribution in [2.45, 2.75) is 0 Å². The molecule has 0 atom stereocenters. The normalized spacial score (nSPS) is 10.3. The van der Waals surface area contributed by atoms with Gasteiger partial charge in [0.1, 0.15) is 6.29 Å². The molecule has 2 rings (SSSR count). The molecule has 0 aliphatic carbocycles. The lowest BCUT2D eigenvalue weighted by Gasteiger charge is -2.16. The van der Waals surface area contributed by atoms with Crippen LogP contribution in [0.5, 0.6) is 0 Å². The molecule has 116 valence electrons. The summed E-state index contributed by atoms with van der Waals surface area (Å²) in [6, 6.07) is 9.94. The minimum Gasteiger partial charge on any atom is -0.301 e. The van der Waals surface area contributed by atoms with E-state index in [1.807, 2.05) is 30.3 Å². The highest BCUT2D eigenvalue weighted by Gasteiger charge is 2.19. The van der Waals surface area contributed by atoms with E-state index in [2.05, 4.69) is 15.3 Å². The number of carbonyl (C=O) groups excluding carboxylic acids is 3. The number of carbonyl (C=O) groups is 3. The van der Waals surface area contributed by atoms with Gasteiger partial charge in [-0.05, 0) is 17.7 Å². The van der Waals surface area contributed by atoms with Crippen LogP contribution in [0.4, 0.5) is 10.7 Å². The summed E-state index contributed by atoms with van der Waals surface area (Å²) in [5, 5.41) is 2.36. The number of nitrogens with one attached hydrogen (secondary N) is 1. The first kappa shape index (κ1) is 16.0. The Kier molecular flexibility index (Phi) is 5.70. The Morgan fingerprint density at radius 1 is 1.09 bits per heavy atom. The molecule has 0 aliphatic rings. The van der Waals surface area contributed by atoms with Gasteiger partial charge in [0.15, 0.2) is 0 Å². The van der Waals surface area contributed by atoms with Gasteiger partial charge in [-0.3, -0.25) is 15.0 Å². The van der Waals surface area contributed by atoms with Crippen LogP contribution in [0, 0.1) is 0 Å². The predicted octanol–water partition coefficient (Wildman–Crippen LogP) is 1.75. The van der Waals surface area contributed by atoms with E-state index < -0.39 is 11.9 Å². The number of anilines is 1. The van der Waals surface area contributed by atoms with Gasteiger partial charge in [-0.15, -0.1) is 0 Å². The summed E-state index contributed by atoms with van der Waals surface area (Å²) >= 11 is 0. The zero-order valence-electron chi connectivity index (χ0n) is 12.1. The fraction of sp³-hybridized carbons (Fsp3) is 0.0625. The maximum atomic E-state index is 12.1. The number of aromatic nitrogens is 2. The first-order valence-corrected chi connectivity index (χ1v) is 6.77. The van der Waals surface area contributed by atoms with Crippen LogP contribution in [-0.4, -0.2) is 39.6 Å². The summed E-state index contributed by atoms with van der Waals surface area (Å²) in [7, 11) is 0. The Morgan fingerprint density at radius 3 is 2.43 bits per heavy atom. The van der Waals surface area contributed by atoms with Crippen molar-refractivity contribution >= 4 is 30.2 Å². The van der Waals surface area contributed by atoms with Crippen LogP contribution in [0.3, 0.4) is 0 Å². The number of urea groups is 1. The van der Waals surface area contributed by atoms with Crippen molar-refractivity contribution in [2.75, 3.05) is 11.9 Å². The van der Waals surface area contributed by atoms with Gasteiger partial charge in [-0.2, -0.15) is 0 Å². The molecular formula is C16H14N4O3. The second-order valence-corrected chi connectivity index (χ2v) is 4.36. The van der Waals surface area contributed by atoms with Crippen molar-refractivity contribution in [2.24, 2.45) is 0 Å². The highest BCUT2D eigenvalue weighted by atomic mass is 16.2. The highest BCUT2D eigenvalue weighted by Crippen LogP contribution is 2.04. The molecule has 1 aromatic carbocycles. The van der Waals surface area contributed by atoms with E-state index in [0.717, 1.165) is 10.5 Å². The number of aldehydes is 1. The monoisotopic (exact) mass is 310 g/mol. The minimum atomic E-state index is -0.772. The minimum absolute atomic E-state index is 0.0493. The summed E-state index contributed by atoms with van der Waals surface area (Å²) < 4.78 is 0. The maximum Gasteiger partial charge on any atom is 0.331 e. The van der Waals surface area contributed by atoms with Crippen molar-refractivity contribution in [3.63, 3.8) is 0 Å². The summed E-state index contributed by atoms with van der Waals surface area (Å²) in [5.41, 5.74) is 0.804. The zero-order valence-corrected chi connectivity index (χ0v) is 12.1. The average Bonchev–Trinajstić information content (AvgIpc) is 2.59. The van der Waals surface area contributed by atoms with E-state index in [9.17, 15) is 14.4 Å². The Balaban J connectivity index is 2.07. The largest absolute Gasteiger partial charge is 0.331 e. The van der Waals surface area contributed by atoms with Gasteiger partial charge in [-0.1, -0.05) is 30.3 Å². The van der Waals surface area contributed by atoms with E-state index in [0.29, 0.717) is 6.29 Å². The topological polar surface area (TPSA) is 92.3 Å². The number of rotatable bonds is 5. The summed E-state index contributed by atoms with van der Waals surface area (Å²) in [5.74, 6) is -0.567. The SMILES string of the molecule is O=CCN(C(=O)C=Cc1ccccc1)C(=O)Nc1ncccn1. The molecule has 0 radical (unpaired) electrons. The van der Waals surface area contributed by atoms with Crippen LogP contribution >= 0.6 is 0 Å². The van der Waals surface area contributed by atoms with E-state index in [1.165, 1.54) is 18.5 Å². The molecule has 0 spiro atoms. The molecule has 0 saturated carbocycles. The molecule has 7 heteroatoms. The molecule has 1 aromatic heterocycles. The molecule has 0 saturated heterocycles. The van der Waals surface area contributed by atoms with Crippen LogP contribution in [-0.2, 0) is 9.59 Å². The van der Waals surface area contributed by atoms with Gasteiger partial charge in [0, 0.05) is 18.5 Å². The molecule has 23 heavy (non-hydrogen) atoms. The standard InChI is InChI=1S/C16H14N4O3/c21-12-11-20(16(23)19-15-17-9-4-10-18-15)14(22)8-7-13-5-2-1-3-6-13/h1-10,12H,11H2,(H,17,18,19,23). The second kappa shape index (κ2) is 8.18. The molecule has 0 unspecified atom stereocenters. The third-order valence-corrected chi connectivity index (χ3v) is 2.77. The first-order valence-electron chi connectivity index (χ1n) is 6.77. The molecule has 2 aromatic rings. The highest BCUT2D eigenvalue weighted by molar-refractivity contribution is 6.07. The molecule has 1 N–H and O–H groups in total. The summed E-state index contributed by atoms with van der Waals surface area (Å²) in [6.07, 6.45) is 6.16. The number of imide groups is 1. The van der Waals surface area contributed by atoms with Crippen molar-refractivity contribution in [1.82, 2.24) is 14.9 Å². The average molecular weight is 310 g/mol. The molecule has 7 nitrogen and oxygen atoms in total. The lowest BCUT2D eigenvalue weighted by Crippen LogP contribution is -2.40.